The highest BCUT2D eigenvalue weighted by molar-refractivity contribution is 5.78. The molecule has 1 unspecified atom stereocenters. The van der Waals surface area contributed by atoms with Gasteiger partial charge in [0.1, 0.15) is 0 Å². The van der Waals surface area contributed by atoms with Crippen molar-refractivity contribution < 1.29 is 4.79 Å². The van der Waals surface area contributed by atoms with Gasteiger partial charge < -0.3 is 11.1 Å². The molecule has 0 aliphatic heterocycles. The number of carbonyl (C=O) groups excluding carboxylic acids is 1. The summed E-state index contributed by atoms with van der Waals surface area (Å²) >= 11 is 0. The summed E-state index contributed by atoms with van der Waals surface area (Å²) in [5, 5.41) is 2.84. The summed E-state index contributed by atoms with van der Waals surface area (Å²) in [5.41, 5.74) is 8.71. The van der Waals surface area contributed by atoms with Crippen LogP contribution in [0.2, 0.25) is 0 Å². The summed E-state index contributed by atoms with van der Waals surface area (Å²) in [5.74, 6) is -0.139. The van der Waals surface area contributed by atoms with E-state index >= 15 is 0 Å². The van der Waals surface area contributed by atoms with Crippen LogP contribution in [0.3, 0.4) is 0 Å². The number of benzene rings is 2. The second-order valence-electron chi connectivity index (χ2n) is 4.48. The number of hydrogen-bond acceptors (Lipinski definition) is 2. The summed E-state index contributed by atoms with van der Waals surface area (Å²) in [4.78, 5) is 11.2. The Morgan fingerprint density at radius 3 is 2.21 bits per heavy atom. The second-order valence-corrected chi connectivity index (χ2v) is 4.48. The van der Waals surface area contributed by atoms with E-state index in [-0.39, 0.29) is 18.5 Å². The fraction of sp³-hybridized carbons (Fsp3) is 0.188. The minimum atomic E-state index is -0.139. The van der Waals surface area contributed by atoms with Crippen molar-refractivity contribution in [3.05, 3.63) is 60.2 Å². The molecule has 0 aromatic heterocycles. The first-order valence-electron chi connectivity index (χ1n) is 6.35. The van der Waals surface area contributed by atoms with E-state index in [1.165, 1.54) is 11.1 Å². The second kappa shape index (κ2) is 6.16. The van der Waals surface area contributed by atoms with E-state index in [0.717, 1.165) is 5.56 Å². The van der Waals surface area contributed by atoms with Gasteiger partial charge in [-0.05, 0) is 23.6 Å². The van der Waals surface area contributed by atoms with Gasteiger partial charge in [0, 0.05) is 0 Å². The van der Waals surface area contributed by atoms with Crippen molar-refractivity contribution in [2.24, 2.45) is 5.73 Å². The largest absolute Gasteiger partial charge is 0.348 e. The normalized spacial score (nSPS) is 11.9. The molecule has 3 N–H and O–H groups in total. The van der Waals surface area contributed by atoms with Crippen LogP contribution >= 0.6 is 0 Å². The molecule has 0 heterocycles. The number of rotatable bonds is 4. The van der Waals surface area contributed by atoms with Crippen molar-refractivity contribution in [1.29, 1.82) is 0 Å². The lowest BCUT2D eigenvalue weighted by Gasteiger charge is -2.14. The van der Waals surface area contributed by atoms with Crippen molar-refractivity contribution >= 4 is 5.91 Å². The molecule has 0 spiro atoms. The predicted octanol–water partition coefficient (Wildman–Crippen LogP) is 2.49. The number of hydrogen-bond donors (Lipinski definition) is 2. The SMILES string of the molecule is CC(NC(=O)CN)c1ccc(-c2ccccc2)cc1. The van der Waals surface area contributed by atoms with Crippen molar-refractivity contribution in [3.63, 3.8) is 0 Å². The maximum Gasteiger partial charge on any atom is 0.234 e. The molecule has 0 saturated carbocycles. The van der Waals surface area contributed by atoms with E-state index in [4.69, 9.17) is 5.73 Å². The lowest BCUT2D eigenvalue weighted by Crippen LogP contribution is -2.32. The number of amides is 1. The lowest BCUT2D eigenvalue weighted by molar-refractivity contribution is -0.120. The van der Waals surface area contributed by atoms with Crippen LogP contribution in [0.4, 0.5) is 0 Å². The Morgan fingerprint density at radius 2 is 1.63 bits per heavy atom. The molecule has 19 heavy (non-hydrogen) atoms. The average molecular weight is 254 g/mol. The predicted molar refractivity (Wildman–Crippen MR) is 77.5 cm³/mol. The number of nitrogens with two attached hydrogens (primary N) is 1. The summed E-state index contributed by atoms with van der Waals surface area (Å²) in [7, 11) is 0. The van der Waals surface area contributed by atoms with Crippen LogP contribution < -0.4 is 11.1 Å². The van der Waals surface area contributed by atoms with Crippen LogP contribution in [0.15, 0.2) is 54.6 Å². The third-order valence-corrected chi connectivity index (χ3v) is 3.08. The number of nitrogens with one attached hydrogen (secondary N) is 1. The first-order chi connectivity index (χ1) is 9.20. The molecule has 0 radical (unpaired) electrons. The molecule has 1 atom stereocenters. The van der Waals surface area contributed by atoms with Crippen LogP contribution in [0.1, 0.15) is 18.5 Å². The molecule has 0 bridgehead atoms. The van der Waals surface area contributed by atoms with Crippen molar-refractivity contribution in [2.75, 3.05) is 6.54 Å². The molecule has 2 aromatic carbocycles. The smallest absolute Gasteiger partial charge is 0.234 e. The summed E-state index contributed by atoms with van der Waals surface area (Å²) < 4.78 is 0. The molecule has 2 rings (SSSR count). The van der Waals surface area contributed by atoms with E-state index in [0.29, 0.717) is 0 Å². The molecule has 0 fully saturated rings. The molecular weight excluding hydrogens is 236 g/mol. The van der Waals surface area contributed by atoms with Gasteiger partial charge >= 0.3 is 0 Å². The van der Waals surface area contributed by atoms with Crippen molar-refractivity contribution in [2.45, 2.75) is 13.0 Å². The molecule has 2 aromatic rings. The summed E-state index contributed by atoms with van der Waals surface area (Å²) in [6.45, 7) is 1.97. The van der Waals surface area contributed by atoms with Crippen LogP contribution in [-0.2, 0) is 4.79 Å². The first-order valence-corrected chi connectivity index (χ1v) is 6.35. The Labute approximate surface area is 113 Å². The van der Waals surface area contributed by atoms with E-state index < -0.39 is 0 Å². The first kappa shape index (κ1) is 13.3. The fourth-order valence-corrected chi connectivity index (χ4v) is 1.98. The van der Waals surface area contributed by atoms with Gasteiger partial charge in [-0.1, -0.05) is 54.6 Å². The van der Waals surface area contributed by atoms with Crippen LogP contribution in [0.5, 0.6) is 0 Å². The van der Waals surface area contributed by atoms with Gasteiger partial charge in [-0.15, -0.1) is 0 Å². The maximum absolute atomic E-state index is 11.2. The fourth-order valence-electron chi connectivity index (χ4n) is 1.98. The molecule has 1 amide bonds. The Kier molecular flexibility index (Phi) is 4.31. The molecule has 0 aliphatic carbocycles. The molecule has 98 valence electrons. The molecule has 0 aliphatic rings. The summed E-state index contributed by atoms with van der Waals surface area (Å²) in [6.07, 6.45) is 0. The maximum atomic E-state index is 11.2. The highest BCUT2D eigenvalue weighted by Crippen LogP contribution is 2.21. The van der Waals surface area contributed by atoms with Gasteiger partial charge in [0.15, 0.2) is 0 Å². The van der Waals surface area contributed by atoms with E-state index in [2.05, 4.69) is 29.6 Å². The zero-order chi connectivity index (χ0) is 13.7. The third kappa shape index (κ3) is 3.42. The van der Waals surface area contributed by atoms with Gasteiger partial charge in [0.25, 0.3) is 0 Å². The standard InChI is InChI=1S/C16H18N2O/c1-12(18-16(19)11-17)13-7-9-15(10-8-13)14-5-3-2-4-6-14/h2-10,12H,11,17H2,1H3,(H,18,19). The highest BCUT2D eigenvalue weighted by atomic mass is 16.1. The third-order valence-electron chi connectivity index (χ3n) is 3.08. The Balaban J connectivity index is 2.12. The van der Waals surface area contributed by atoms with Gasteiger partial charge in [0.05, 0.1) is 12.6 Å². The summed E-state index contributed by atoms with van der Waals surface area (Å²) in [6, 6.07) is 18.4. The zero-order valence-corrected chi connectivity index (χ0v) is 11.0. The van der Waals surface area contributed by atoms with Gasteiger partial charge in [0.2, 0.25) is 5.91 Å². The molecule has 0 saturated heterocycles. The average Bonchev–Trinajstić information content (AvgIpc) is 2.48. The topological polar surface area (TPSA) is 55.1 Å². The van der Waals surface area contributed by atoms with Crippen LogP contribution in [0, 0.1) is 0 Å². The monoisotopic (exact) mass is 254 g/mol. The molecule has 3 heteroatoms. The van der Waals surface area contributed by atoms with Gasteiger partial charge in [-0.3, -0.25) is 4.79 Å². The Hall–Kier alpha value is -2.13. The van der Waals surface area contributed by atoms with Crippen LogP contribution in [-0.4, -0.2) is 12.5 Å². The minimum Gasteiger partial charge on any atom is -0.348 e. The van der Waals surface area contributed by atoms with E-state index in [1.807, 2.05) is 37.3 Å². The molecular formula is C16H18N2O. The van der Waals surface area contributed by atoms with Gasteiger partial charge in [-0.2, -0.15) is 0 Å². The highest BCUT2D eigenvalue weighted by Gasteiger charge is 2.08. The van der Waals surface area contributed by atoms with Crippen molar-refractivity contribution in [3.8, 4) is 11.1 Å². The molecule has 3 nitrogen and oxygen atoms in total. The van der Waals surface area contributed by atoms with Crippen molar-refractivity contribution in [1.82, 2.24) is 5.32 Å². The van der Waals surface area contributed by atoms with E-state index in [1.54, 1.807) is 0 Å². The Morgan fingerprint density at radius 1 is 1.05 bits per heavy atom. The van der Waals surface area contributed by atoms with Crippen LogP contribution in [0.25, 0.3) is 11.1 Å². The lowest BCUT2D eigenvalue weighted by atomic mass is 10.0. The Bertz CT molecular complexity index is 534. The minimum absolute atomic E-state index is 0.0203. The van der Waals surface area contributed by atoms with E-state index in [9.17, 15) is 4.79 Å². The number of carbonyl (C=O) groups is 1. The quantitative estimate of drug-likeness (QED) is 0.880. The van der Waals surface area contributed by atoms with Gasteiger partial charge in [-0.25, -0.2) is 0 Å². The zero-order valence-electron chi connectivity index (χ0n) is 11.0.